The topological polar surface area (TPSA) is 42.7 Å². The molecule has 1 saturated heterocycles. The van der Waals surface area contributed by atoms with Crippen molar-refractivity contribution in [2.45, 2.75) is 13.5 Å². The SMILES string of the molecule is Cc1nn(Cc2ccccc2)c(Cl)c1/C=N\N1CCOCC1. The minimum atomic E-state index is 0.623. The smallest absolute Gasteiger partial charge is 0.136 e. The number of ether oxygens (including phenoxy) is 1. The molecule has 0 radical (unpaired) electrons. The molecule has 6 heteroatoms. The van der Waals surface area contributed by atoms with Crippen LogP contribution in [0.5, 0.6) is 0 Å². The molecule has 0 unspecified atom stereocenters. The predicted molar refractivity (Wildman–Crippen MR) is 87.5 cm³/mol. The lowest BCUT2D eigenvalue weighted by Gasteiger charge is -2.23. The molecule has 1 aliphatic rings. The molecule has 1 fully saturated rings. The number of halogens is 1. The fourth-order valence-corrected chi connectivity index (χ4v) is 2.67. The van der Waals surface area contributed by atoms with Gasteiger partial charge in [0.05, 0.1) is 50.3 Å². The average molecular weight is 319 g/mol. The Hall–Kier alpha value is -1.85. The first-order valence-electron chi connectivity index (χ1n) is 7.37. The molecule has 22 heavy (non-hydrogen) atoms. The van der Waals surface area contributed by atoms with Crippen LogP contribution in [0.2, 0.25) is 5.15 Å². The third-order valence-corrected chi connectivity index (χ3v) is 4.02. The first-order valence-corrected chi connectivity index (χ1v) is 7.75. The van der Waals surface area contributed by atoms with E-state index in [0.29, 0.717) is 11.7 Å². The van der Waals surface area contributed by atoms with Gasteiger partial charge < -0.3 is 4.74 Å². The summed E-state index contributed by atoms with van der Waals surface area (Å²) in [6.07, 6.45) is 1.80. The minimum absolute atomic E-state index is 0.623. The summed E-state index contributed by atoms with van der Waals surface area (Å²) in [5, 5.41) is 11.6. The average Bonchev–Trinajstić information content (AvgIpc) is 2.81. The number of hydrazone groups is 1. The number of aromatic nitrogens is 2. The normalized spacial score (nSPS) is 15.6. The molecule has 1 aromatic heterocycles. The van der Waals surface area contributed by atoms with E-state index in [0.717, 1.165) is 37.6 Å². The first-order chi connectivity index (χ1) is 10.7. The fraction of sp³-hybridized carbons (Fsp3) is 0.375. The van der Waals surface area contributed by atoms with Gasteiger partial charge in [-0.25, -0.2) is 4.68 Å². The lowest BCUT2D eigenvalue weighted by atomic mass is 10.2. The standard InChI is InChI=1S/C16H19ClN4O/c1-13-15(11-18-20-7-9-22-10-8-20)16(17)21(19-13)12-14-5-3-2-4-6-14/h2-6,11H,7-10,12H2,1H3/b18-11-. The molecule has 1 aromatic carbocycles. The van der Waals surface area contributed by atoms with E-state index in [1.54, 1.807) is 6.21 Å². The number of morpholine rings is 1. The van der Waals surface area contributed by atoms with E-state index in [1.807, 2.05) is 34.8 Å². The van der Waals surface area contributed by atoms with Gasteiger partial charge in [-0.05, 0) is 12.5 Å². The zero-order valence-electron chi connectivity index (χ0n) is 12.6. The van der Waals surface area contributed by atoms with Crippen molar-refractivity contribution >= 4 is 17.8 Å². The molecule has 0 saturated carbocycles. The van der Waals surface area contributed by atoms with Crippen LogP contribution in [-0.2, 0) is 11.3 Å². The quantitative estimate of drug-likeness (QED) is 0.814. The fourth-order valence-electron chi connectivity index (χ4n) is 2.38. The number of nitrogens with zero attached hydrogens (tertiary/aromatic N) is 4. The maximum absolute atomic E-state index is 6.46. The van der Waals surface area contributed by atoms with Crippen molar-refractivity contribution in [2.24, 2.45) is 5.10 Å². The van der Waals surface area contributed by atoms with Crippen molar-refractivity contribution in [3.63, 3.8) is 0 Å². The van der Waals surface area contributed by atoms with Gasteiger partial charge in [0.1, 0.15) is 5.15 Å². The lowest BCUT2D eigenvalue weighted by molar-refractivity contribution is 0.0397. The van der Waals surface area contributed by atoms with Gasteiger partial charge in [-0.15, -0.1) is 0 Å². The van der Waals surface area contributed by atoms with Gasteiger partial charge in [-0.2, -0.15) is 10.2 Å². The number of hydrogen-bond donors (Lipinski definition) is 0. The van der Waals surface area contributed by atoms with E-state index in [9.17, 15) is 0 Å². The van der Waals surface area contributed by atoms with Gasteiger partial charge in [0.25, 0.3) is 0 Å². The van der Waals surface area contributed by atoms with Crippen LogP contribution in [0, 0.1) is 6.92 Å². The number of hydrogen-bond acceptors (Lipinski definition) is 4. The predicted octanol–water partition coefficient (Wildman–Crippen LogP) is 2.56. The largest absolute Gasteiger partial charge is 0.378 e. The summed E-state index contributed by atoms with van der Waals surface area (Å²) in [5.41, 5.74) is 2.94. The highest BCUT2D eigenvalue weighted by Gasteiger charge is 2.13. The Morgan fingerprint density at radius 1 is 1.27 bits per heavy atom. The van der Waals surface area contributed by atoms with Gasteiger partial charge >= 0.3 is 0 Å². The van der Waals surface area contributed by atoms with Crippen molar-refractivity contribution in [3.05, 3.63) is 52.3 Å². The van der Waals surface area contributed by atoms with Crippen LogP contribution >= 0.6 is 11.6 Å². The molecule has 116 valence electrons. The van der Waals surface area contributed by atoms with Crippen LogP contribution in [0.4, 0.5) is 0 Å². The highest BCUT2D eigenvalue weighted by Crippen LogP contribution is 2.19. The molecule has 2 heterocycles. The van der Waals surface area contributed by atoms with Gasteiger partial charge in [0, 0.05) is 0 Å². The Kier molecular flexibility index (Phi) is 4.75. The molecule has 3 rings (SSSR count). The lowest BCUT2D eigenvalue weighted by Crippen LogP contribution is -2.32. The van der Waals surface area contributed by atoms with Gasteiger partial charge in [0.2, 0.25) is 0 Å². The minimum Gasteiger partial charge on any atom is -0.378 e. The van der Waals surface area contributed by atoms with Gasteiger partial charge in [-0.1, -0.05) is 41.9 Å². The monoisotopic (exact) mass is 318 g/mol. The zero-order chi connectivity index (χ0) is 15.4. The Morgan fingerprint density at radius 2 is 2.00 bits per heavy atom. The zero-order valence-corrected chi connectivity index (χ0v) is 13.3. The van der Waals surface area contributed by atoms with Crippen LogP contribution in [-0.4, -0.2) is 47.3 Å². The molecule has 0 aliphatic carbocycles. The first kappa shape index (κ1) is 15.1. The van der Waals surface area contributed by atoms with Crippen molar-refractivity contribution < 1.29 is 4.74 Å². The van der Waals surface area contributed by atoms with Crippen LogP contribution in [0.25, 0.3) is 0 Å². The molecule has 1 aliphatic heterocycles. The maximum Gasteiger partial charge on any atom is 0.136 e. The van der Waals surface area contributed by atoms with Crippen molar-refractivity contribution in [1.29, 1.82) is 0 Å². The van der Waals surface area contributed by atoms with Gasteiger partial charge in [0.15, 0.2) is 0 Å². The maximum atomic E-state index is 6.46. The Bertz CT molecular complexity index is 648. The third-order valence-electron chi connectivity index (χ3n) is 3.62. The molecule has 0 amide bonds. The Morgan fingerprint density at radius 3 is 2.73 bits per heavy atom. The second-order valence-electron chi connectivity index (χ2n) is 5.24. The summed E-state index contributed by atoms with van der Waals surface area (Å²) < 4.78 is 7.12. The van der Waals surface area contributed by atoms with Crippen LogP contribution in [0.1, 0.15) is 16.8 Å². The summed E-state index contributed by atoms with van der Waals surface area (Å²) in [6.45, 7) is 5.67. The third kappa shape index (κ3) is 3.48. The second-order valence-corrected chi connectivity index (χ2v) is 5.60. The van der Waals surface area contributed by atoms with E-state index in [4.69, 9.17) is 16.3 Å². The molecule has 5 nitrogen and oxygen atoms in total. The van der Waals surface area contributed by atoms with E-state index < -0.39 is 0 Å². The Labute approximate surface area is 135 Å². The molecule has 0 atom stereocenters. The summed E-state index contributed by atoms with van der Waals surface area (Å²) in [5.74, 6) is 0. The summed E-state index contributed by atoms with van der Waals surface area (Å²) in [4.78, 5) is 0. The number of benzene rings is 1. The molecular formula is C16H19ClN4O. The van der Waals surface area contributed by atoms with Crippen LogP contribution in [0.15, 0.2) is 35.4 Å². The highest BCUT2D eigenvalue weighted by molar-refractivity contribution is 6.32. The molecule has 0 spiro atoms. The summed E-state index contributed by atoms with van der Waals surface area (Å²) >= 11 is 6.46. The second kappa shape index (κ2) is 6.94. The van der Waals surface area contributed by atoms with Crippen molar-refractivity contribution in [1.82, 2.24) is 14.8 Å². The Balaban J connectivity index is 1.76. The van der Waals surface area contributed by atoms with Gasteiger partial charge in [-0.3, -0.25) is 5.01 Å². The van der Waals surface area contributed by atoms with Crippen molar-refractivity contribution in [3.8, 4) is 0 Å². The van der Waals surface area contributed by atoms with E-state index >= 15 is 0 Å². The molecule has 0 bridgehead atoms. The van der Waals surface area contributed by atoms with Crippen molar-refractivity contribution in [2.75, 3.05) is 26.3 Å². The molecule has 0 N–H and O–H groups in total. The number of rotatable bonds is 4. The van der Waals surface area contributed by atoms with E-state index in [-0.39, 0.29) is 0 Å². The van der Waals surface area contributed by atoms with E-state index in [2.05, 4.69) is 22.3 Å². The molecular weight excluding hydrogens is 300 g/mol. The summed E-state index contributed by atoms with van der Waals surface area (Å²) in [6, 6.07) is 10.2. The van der Waals surface area contributed by atoms with Crippen LogP contribution < -0.4 is 0 Å². The summed E-state index contributed by atoms with van der Waals surface area (Å²) in [7, 11) is 0. The number of aryl methyl sites for hydroxylation is 1. The van der Waals surface area contributed by atoms with E-state index in [1.165, 1.54) is 5.56 Å². The highest BCUT2D eigenvalue weighted by atomic mass is 35.5. The van der Waals surface area contributed by atoms with Crippen LogP contribution in [0.3, 0.4) is 0 Å². The molecule has 2 aromatic rings.